The molecule has 0 bridgehead atoms. The molecule has 4 aliphatic carbocycles. The standard InChI is InChI=1S/C47H81N3O4S/c1-31(2)13-12-14-32(3)36-19-20-37-35-18-17-33-29-34(21-23-46(33,8)38(35)22-24-47(36,37)9)53-27-26-45(6,7)54-28-25-44(4,5)50-41(51)16-11-10-15-40-42-39(30-55-40)48-43(52)49-42/h17,31-32,34-40,42H,10-16,18-30H2,1-9H3,(H,50,51)(H2,48,49,52)/t32-,34-,35+,36-,37+,38+,39?,40?,42?,46+,47-/m1/s1. The Morgan fingerprint density at radius 2 is 1.76 bits per heavy atom. The number of unbranched alkanes of at least 4 members (excludes halogenated alkanes) is 1. The van der Waals surface area contributed by atoms with Gasteiger partial charge in [-0.15, -0.1) is 0 Å². The number of hydrogen-bond donors (Lipinski definition) is 3. The fourth-order valence-corrected chi connectivity index (χ4v) is 14.2. The molecule has 6 aliphatic rings. The van der Waals surface area contributed by atoms with Gasteiger partial charge in [-0.25, -0.2) is 4.79 Å². The van der Waals surface area contributed by atoms with E-state index in [-0.39, 0.29) is 35.2 Å². The number of fused-ring (bicyclic) bond motifs is 6. The first-order valence-electron chi connectivity index (χ1n) is 22.9. The van der Waals surface area contributed by atoms with Gasteiger partial charge in [-0.2, -0.15) is 11.8 Å². The highest BCUT2D eigenvalue weighted by atomic mass is 32.2. The van der Waals surface area contributed by atoms with Gasteiger partial charge >= 0.3 is 6.03 Å². The lowest BCUT2D eigenvalue weighted by atomic mass is 9.47. The molecule has 5 fully saturated rings. The van der Waals surface area contributed by atoms with Gasteiger partial charge in [0.1, 0.15) is 0 Å². The number of rotatable bonds is 19. The zero-order valence-corrected chi connectivity index (χ0v) is 37.4. The van der Waals surface area contributed by atoms with Gasteiger partial charge < -0.3 is 25.4 Å². The maximum Gasteiger partial charge on any atom is 0.315 e. The van der Waals surface area contributed by atoms with Crippen molar-refractivity contribution in [2.45, 2.75) is 206 Å². The highest BCUT2D eigenvalue weighted by Gasteiger charge is 2.59. The minimum atomic E-state index is -0.318. The van der Waals surface area contributed by atoms with Crippen molar-refractivity contribution in [3.8, 4) is 0 Å². The molecule has 6 rings (SSSR count). The lowest BCUT2D eigenvalue weighted by Gasteiger charge is -2.58. The summed E-state index contributed by atoms with van der Waals surface area (Å²) in [6, 6.07) is 0.457. The molecule has 0 spiro atoms. The lowest BCUT2D eigenvalue weighted by molar-refractivity contribution is -0.123. The summed E-state index contributed by atoms with van der Waals surface area (Å²) in [7, 11) is 0. The van der Waals surface area contributed by atoms with E-state index in [9.17, 15) is 9.59 Å². The van der Waals surface area contributed by atoms with Crippen molar-refractivity contribution in [1.82, 2.24) is 16.0 Å². The number of hydrogen-bond acceptors (Lipinski definition) is 5. The van der Waals surface area contributed by atoms with E-state index in [2.05, 4.69) is 84.3 Å². The molecule has 55 heavy (non-hydrogen) atoms. The van der Waals surface area contributed by atoms with Gasteiger partial charge in [-0.3, -0.25) is 4.79 Å². The number of carbonyl (C=O) groups excluding carboxylic acids is 2. The highest BCUT2D eigenvalue weighted by Crippen LogP contribution is 2.67. The fourth-order valence-electron chi connectivity index (χ4n) is 12.7. The minimum absolute atomic E-state index is 0.0369. The van der Waals surface area contributed by atoms with Crippen LogP contribution in [0.3, 0.4) is 0 Å². The normalized spacial score (nSPS) is 36.3. The Bertz CT molecular complexity index is 1350. The monoisotopic (exact) mass is 784 g/mol. The molecule has 2 heterocycles. The van der Waals surface area contributed by atoms with Gasteiger partial charge in [0.2, 0.25) is 5.91 Å². The maximum atomic E-state index is 12.8. The average Bonchev–Trinajstić information content (AvgIpc) is 3.77. The third kappa shape index (κ3) is 10.3. The van der Waals surface area contributed by atoms with E-state index < -0.39 is 0 Å². The van der Waals surface area contributed by atoms with E-state index in [1.165, 1.54) is 64.2 Å². The topological polar surface area (TPSA) is 88.7 Å². The molecular formula is C47H81N3O4S. The summed E-state index contributed by atoms with van der Waals surface area (Å²) in [5.74, 6) is 6.37. The molecule has 3 unspecified atom stereocenters. The molecule has 0 radical (unpaired) electrons. The van der Waals surface area contributed by atoms with Crippen LogP contribution >= 0.6 is 11.8 Å². The van der Waals surface area contributed by atoms with Crippen LogP contribution in [0.25, 0.3) is 0 Å². The minimum Gasteiger partial charge on any atom is -0.378 e. The first kappa shape index (κ1) is 43.3. The van der Waals surface area contributed by atoms with Crippen LogP contribution in [-0.2, 0) is 14.3 Å². The molecule has 3 saturated carbocycles. The van der Waals surface area contributed by atoms with Gasteiger partial charge in [0.15, 0.2) is 0 Å². The molecular weight excluding hydrogens is 703 g/mol. The van der Waals surface area contributed by atoms with E-state index in [1.807, 2.05) is 11.8 Å². The van der Waals surface area contributed by atoms with Crippen molar-refractivity contribution in [3.63, 3.8) is 0 Å². The van der Waals surface area contributed by atoms with E-state index in [1.54, 1.807) is 5.57 Å². The zero-order valence-electron chi connectivity index (χ0n) is 36.5. The number of urea groups is 1. The van der Waals surface area contributed by atoms with Crippen LogP contribution in [0.2, 0.25) is 0 Å². The predicted molar refractivity (Wildman–Crippen MR) is 228 cm³/mol. The van der Waals surface area contributed by atoms with Crippen LogP contribution in [0, 0.1) is 46.3 Å². The average molecular weight is 784 g/mol. The molecule has 7 nitrogen and oxygen atoms in total. The summed E-state index contributed by atoms with van der Waals surface area (Å²) in [4.78, 5) is 24.4. The zero-order chi connectivity index (χ0) is 39.6. The van der Waals surface area contributed by atoms with Gasteiger partial charge in [0.25, 0.3) is 0 Å². The van der Waals surface area contributed by atoms with Crippen molar-refractivity contribution in [3.05, 3.63) is 11.6 Å². The number of nitrogens with one attached hydrogen (secondary N) is 3. The van der Waals surface area contributed by atoms with E-state index in [0.29, 0.717) is 35.2 Å². The second-order valence-electron chi connectivity index (χ2n) is 21.4. The van der Waals surface area contributed by atoms with Crippen molar-refractivity contribution in [1.29, 1.82) is 0 Å². The summed E-state index contributed by atoms with van der Waals surface area (Å²) in [6.07, 6.45) is 23.0. The Balaban J connectivity index is 0.875. The van der Waals surface area contributed by atoms with E-state index in [0.717, 1.165) is 86.4 Å². The van der Waals surface area contributed by atoms with E-state index in [4.69, 9.17) is 9.47 Å². The Labute approximate surface area is 340 Å². The molecule has 2 saturated heterocycles. The SMILES string of the molecule is CC(C)CCC[C@@H](C)[C@H]1CC[C@H]2[C@@H]3CC=C4C[C@H](OCCC(C)(C)OCCC(C)(C)NC(=O)CCCCC5SCC6NC(=O)NC65)CC[C@]4(C)[C@H]3CC[C@]12C. The molecule has 11 atom stereocenters. The Morgan fingerprint density at radius 1 is 0.964 bits per heavy atom. The van der Waals surface area contributed by atoms with Crippen LogP contribution in [0.1, 0.15) is 171 Å². The molecule has 0 aromatic heterocycles. The number of allylic oxidation sites excluding steroid dienone is 1. The summed E-state index contributed by atoms with van der Waals surface area (Å²) >= 11 is 1.94. The summed E-state index contributed by atoms with van der Waals surface area (Å²) in [5.41, 5.74) is 2.04. The number of amides is 3. The first-order valence-corrected chi connectivity index (χ1v) is 24.0. The van der Waals surface area contributed by atoms with Crippen LogP contribution in [0.5, 0.6) is 0 Å². The number of ether oxygens (including phenoxy) is 2. The lowest BCUT2D eigenvalue weighted by Crippen LogP contribution is -2.51. The maximum absolute atomic E-state index is 12.8. The number of thioether (sulfide) groups is 1. The fraction of sp³-hybridized carbons (Fsp3) is 0.915. The predicted octanol–water partition coefficient (Wildman–Crippen LogP) is 10.6. The van der Waals surface area contributed by atoms with Crippen molar-refractivity contribution in [2.75, 3.05) is 19.0 Å². The van der Waals surface area contributed by atoms with Crippen molar-refractivity contribution < 1.29 is 19.1 Å². The molecule has 3 amide bonds. The molecule has 0 aromatic carbocycles. The molecule has 3 N–H and O–H groups in total. The van der Waals surface area contributed by atoms with E-state index >= 15 is 0 Å². The van der Waals surface area contributed by atoms with Crippen LogP contribution < -0.4 is 16.0 Å². The molecule has 2 aliphatic heterocycles. The summed E-state index contributed by atoms with van der Waals surface area (Å²) in [6.45, 7) is 22.6. The van der Waals surface area contributed by atoms with Gasteiger partial charge in [0.05, 0.1) is 23.8 Å². The van der Waals surface area contributed by atoms with Crippen LogP contribution in [-0.4, -0.2) is 65.5 Å². The number of carbonyl (C=O) groups is 2. The quantitative estimate of drug-likeness (QED) is 0.0690. The third-order valence-electron chi connectivity index (χ3n) is 16.1. The highest BCUT2D eigenvalue weighted by molar-refractivity contribution is 8.00. The second kappa shape index (κ2) is 17.9. The second-order valence-corrected chi connectivity index (χ2v) is 22.7. The third-order valence-corrected chi connectivity index (χ3v) is 17.6. The largest absolute Gasteiger partial charge is 0.378 e. The van der Waals surface area contributed by atoms with Crippen LogP contribution in [0.4, 0.5) is 4.79 Å². The Hall–Kier alpha value is -1.25. The Morgan fingerprint density at radius 3 is 2.55 bits per heavy atom. The molecule has 314 valence electrons. The van der Waals surface area contributed by atoms with Gasteiger partial charge in [-0.05, 0) is 151 Å². The van der Waals surface area contributed by atoms with Gasteiger partial charge in [0, 0.05) is 36.2 Å². The Kier molecular flexibility index (Phi) is 14.1. The summed E-state index contributed by atoms with van der Waals surface area (Å²) in [5, 5.41) is 9.77. The van der Waals surface area contributed by atoms with Crippen LogP contribution in [0.15, 0.2) is 11.6 Å². The van der Waals surface area contributed by atoms with Crippen molar-refractivity contribution in [2.24, 2.45) is 46.3 Å². The first-order chi connectivity index (χ1) is 26.0. The van der Waals surface area contributed by atoms with Gasteiger partial charge in [-0.1, -0.05) is 72.0 Å². The molecule has 8 heteroatoms. The van der Waals surface area contributed by atoms with Crippen molar-refractivity contribution >= 4 is 23.7 Å². The smallest absolute Gasteiger partial charge is 0.315 e. The molecule has 0 aromatic rings. The summed E-state index contributed by atoms with van der Waals surface area (Å²) < 4.78 is 13.0.